The van der Waals surface area contributed by atoms with Gasteiger partial charge >= 0.3 is 0 Å². The SMILES string of the molecule is CC(C)N(C)CCCCNC(C1CC1)C1CC1. The van der Waals surface area contributed by atoms with Crippen LogP contribution < -0.4 is 5.32 Å². The summed E-state index contributed by atoms with van der Waals surface area (Å²) in [6.07, 6.45) is 8.64. The molecule has 0 radical (unpaired) electrons. The van der Waals surface area contributed by atoms with Crippen LogP contribution in [0.5, 0.6) is 0 Å². The molecular formula is C15H30N2. The summed E-state index contributed by atoms with van der Waals surface area (Å²) in [7, 11) is 2.23. The van der Waals surface area contributed by atoms with E-state index in [0.29, 0.717) is 6.04 Å². The fourth-order valence-corrected chi connectivity index (χ4v) is 2.64. The third-order valence-corrected chi connectivity index (χ3v) is 4.46. The van der Waals surface area contributed by atoms with Gasteiger partial charge in [0.05, 0.1) is 0 Å². The fourth-order valence-electron chi connectivity index (χ4n) is 2.64. The van der Waals surface area contributed by atoms with Crippen LogP contribution in [0.2, 0.25) is 0 Å². The topological polar surface area (TPSA) is 15.3 Å². The molecule has 0 spiro atoms. The second-order valence-electron chi connectivity index (χ2n) is 6.44. The number of hydrogen-bond donors (Lipinski definition) is 1. The van der Waals surface area contributed by atoms with Crippen LogP contribution in [-0.4, -0.2) is 37.1 Å². The smallest absolute Gasteiger partial charge is 0.0124 e. The summed E-state index contributed by atoms with van der Waals surface area (Å²) in [5.74, 6) is 2.08. The molecule has 0 bridgehead atoms. The lowest BCUT2D eigenvalue weighted by molar-refractivity contribution is 0.266. The molecule has 17 heavy (non-hydrogen) atoms. The molecule has 0 amide bonds. The monoisotopic (exact) mass is 238 g/mol. The molecule has 2 aliphatic carbocycles. The molecule has 0 aromatic rings. The van der Waals surface area contributed by atoms with Gasteiger partial charge in [-0.15, -0.1) is 0 Å². The Balaban J connectivity index is 1.50. The van der Waals surface area contributed by atoms with E-state index in [1.165, 1.54) is 51.6 Å². The minimum absolute atomic E-state index is 0.689. The largest absolute Gasteiger partial charge is 0.313 e. The molecule has 100 valence electrons. The average Bonchev–Trinajstić information content (AvgIpc) is 3.16. The van der Waals surface area contributed by atoms with Crippen molar-refractivity contribution in [1.82, 2.24) is 10.2 Å². The Labute approximate surface area is 107 Å². The van der Waals surface area contributed by atoms with Gasteiger partial charge in [0.2, 0.25) is 0 Å². The van der Waals surface area contributed by atoms with Gasteiger partial charge < -0.3 is 10.2 Å². The molecule has 0 heterocycles. The van der Waals surface area contributed by atoms with E-state index in [1.807, 2.05) is 0 Å². The van der Waals surface area contributed by atoms with Gasteiger partial charge in [0.25, 0.3) is 0 Å². The third-order valence-electron chi connectivity index (χ3n) is 4.46. The van der Waals surface area contributed by atoms with Crippen molar-refractivity contribution in [3.8, 4) is 0 Å². The molecule has 2 nitrogen and oxygen atoms in total. The molecule has 0 saturated heterocycles. The third kappa shape index (κ3) is 4.59. The molecule has 2 fully saturated rings. The van der Waals surface area contributed by atoms with Gasteiger partial charge in [-0.25, -0.2) is 0 Å². The van der Waals surface area contributed by atoms with Crippen LogP contribution in [-0.2, 0) is 0 Å². The summed E-state index contributed by atoms with van der Waals surface area (Å²) in [6, 6.07) is 1.58. The first-order valence-electron chi connectivity index (χ1n) is 7.62. The van der Waals surface area contributed by atoms with Crippen molar-refractivity contribution in [3.63, 3.8) is 0 Å². The van der Waals surface area contributed by atoms with Gasteiger partial charge in [0, 0.05) is 12.1 Å². The zero-order chi connectivity index (χ0) is 12.3. The van der Waals surface area contributed by atoms with Gasteiger partial charge in [0.1, 0.15) is 0 Å². The van der Waals surface area contributed by atoms with Crippen molar-refractivity contribution in [2.75, 3.05) is 20.1 Å². The van der Waals surface area contributed by atoms with E-state index in [9.17, 15) is 0 Å². The Morgan fingerprint density at radius 3 is 2.12 bits per heavy atom. The zero-order valence-electron chi connectivity index (χ0n) is 11.9. The van der Waals surface area contributed by atoms with Gasteiger partial charge in [0.15, 0.2) is 0 Å². The molecule has 0 unspecified atom stereocenters. The normalized spacial score (nSPS) is 20.8. The van der Waals surface area contributed by atoms with Crippen LogP contribution >= 0.6 is 0 Å². The first-order chi connectivity index (χ1) is 8.18. The standard InChI is InChI=1S/C15H30N2/c1-12(2)17(3)11-5-4-10-16-15(13-6-7-13)14-8-9-14/h12-16H,4-11H2,1-3H3. The van der Waals surface area contributed by atoms with Crippen molar-refractivity contribution in [2.24, 2.45) is 11.8 Å². The number of rotatable bonds is 9. The minimum atomic E-state index is 0.689. The second-order valence-corrected chi connectivity index (χ2v) is 6.44. The lowest BCUT2D eigenvalue weighted by atomic mass is 10.1. The maximum Gasteiger partial charge on any atom is 0.0124 e. The molecular weight excluding hydrogens is 208 g/mol. The molecule has 2 rings (SSSR count). The van der Waals surface area contributed by atoms with Crippen molar-refractivity contribution >= 4 is 0 Å². The molecule has 2 aliphatic rings. The van der Waals surface area contributed by atoms with E-state index >= 15 is 0 Å². The van der Waals surface area contributed by atoms with Gasteiger partial charge in [-0.3, -0.25) is 0 Å². The number of unbranched alkanes of at least 4 members (excludes halogenated alkanes) is 1. The van der Waals surface area contributed by atoms with E-state index in [4.69, 9.17) is 0 Å². The first-order valence-corrected chi connectivity index (χ1v) is 7.62. The lowest BCUT2D eigenvalue weighted by Crippen LogP contribution is -2.34. The fraction of sp³-hybridized carbons (Fsp3) is 1.00. The highest BCUT2D eigenvalue weighted by molar-refractivity contribution is 4.96. The Kier molecular flexibility index (Phi) is 4.87. The van der Waals surface area contributed by atoms with Crippen molar-refractivity contribution in [2.45, 2.75) is 64.5 Å². The summed E-state index contributed by atoms with van der Waals surface area (Å²) in [5, 5.41) is 3.83. The first kappa shape index (κ1) is 13.4. The molecule has 1 N–H and O–H groups in total. The van der Waals surface area contributed by atoms with Crippen LogP contribution in [0.4, 0.5) is 0 Å². The number of nitrogens with zero attached hydrogens (tertiary/aromatic N) is 1. The summed E-state index contributed by atoms with van der Waals surface area (Å²) in [5.41, 5.74) is 0. The van der Waals surface area contributed by atoms with Crippen LogP contribution in [0.3, 0.4) is 0 Å². The quantitative estimate of drug-likeness (QED) is 0.621. The van der Waals surface area contributed by atoms with Crippen molar-refractivity contribution in [3.05, 3.63) is 0 Å². The van der Waals surface area contributed by atoms with Crippen LogP contribution in [0, 0.1) is 11.8 Å². The van der Waals surface area contributed by atoms with Crippen molar-refractivity contribution < 1.29 is 0 Å². The molecule has 2 heteroatoms. The Bertz CT molecular complexity index is 207. The van der Waals surface area contributed by atoms with Gasteiger partial charge in [-0.1, -0.05) is 0 Å². The molecule has 0 aromatic heterocycles. The predicted octanol–water partition coefficient (Wildman–Crippen LogP) is 2.89. The number of hydrogen-bond acceptors (Lipinski definition) is 2. The zero-order valence-corrected chi connectivity index (χ0v) is 11.9. The minimum Gasteiger partial charge on any atom is -0.313 e. The molecule has 2 saturated carbocycles. The predicted molar refractivity (Wildman–Crippen MR) is 74.2 cm³/mol. The van der Waals surface area contributed by atoms with E-state index in [1.54, 1.807) is 0 Å². The Hall–Kier alpha value is -0.0800. The van der Waals surface area contributed by atoms with Crippen LogP contribution in [0.25, 0.3) is 0 Å². The van der Waals surface area contributed by atoms with E-state index in [2.05, 4.69) is 31.1 Å². The maximum absolute atomic E-state index is 3.83. The summed E-state index contributed by atoms with van der Waals surface area (Å²) < 4.78 is 0. The number of nitrogens with one attached hydrogen (secondary N) is 1. The molecule has 0 aliphatic heterocycles. The Morgan fingerprint density at radius 2 is 1.65 bits per heavy atom. The van der Waals surface area contributed by atoms with E-state index < -0.39 is 0 Å². The van der Waals surface area contributed by atoms with Crippen LogP contribution in [0.1, 0.15) is 52.4 Å². The molecule has 0 aromatic carbocycles. The highest BCUT2D eigenvalue weighted by atomic mass is 15.1. The summed E-state index contributed by atoms with van der Waals surface area (Å²) in [4.78, 5) is 2.44. The Morgan fingerprint density at radius 1 is 1.06 bits per heavy atom. The lowest BCUT2D eigenvalue weighted by Gasteiger charge is -2.21. The van der Waals surface area contributed by atoms with E-state index in [-0.39, 0.29) is 0 Å². The van der Waals surface area contributed by atoms with Crippen molar-refractivity contribution in [1.29, 1.82) is 0 Å². The average molecular weight is 238 g/mol. The maximum atomic E-state index is 3.83. The van der Waals surface area contributed by atoms with E-state index in [0.717, 1.165) is 17.9 Å². The van der Waals surface area contributed by atoms with Gasteiger partial charge in [-0.05, 0) is 84.3 Å². The molecule has 0 atom stereocenters. The van der Waals surface area contributed by atoms with Crippen LogP contribution in [0.15, 0.2) is 0 Å². The summed E-state index contributed by atoms with van der Waals surface area (Å²) >= 11 is 0. The summed E-state index contributed by atoms with van der Waals surface area (Å²) in [6.45, 7) is 7.03. The highest BCUT2D eigenvalue weighted by Crippen LogP contribution is 2.44. The second kappa shape index (κ2) is 6.19. The highest BCUT2D eigenvalue weighted by Gasteiger charge is 2.40. The van der Waals surface area contributed by atoms with Gasteiger partial charge in [-0.2, -0.15) is 0 Å².